The number of hydrogen-bond acceptors (Lipinski definition) is 7. The topological polar surface area (TPSA) is 120 Å². The Kier molecular flexibility index (Phi) is 5.95. The number of cyclic esters (lactones) is 1. The number of carbonyl (C=O) groups is 2. The summed E-state index contributed by atoms with van der Waals surface area (Å²) < 4.78 is 12.2. The van der Waals surface area contributed by atoms with Crippen molar-refractivity contribution >= 4 is 23.0 Å². The minimum absolute atomic E-state index is 0.0665. The van der Waals surface area contributed by atoms with Gasteiger partial charge < -0.3 is 24.5 Å². The number of amides is 1. The molecule has 2 aliphatic heterocycles. The number of nitrogens with one attached hydrogen (secondary N) is 1. The molecule has 39 heavy (non-hydrogen) atoms. The Bertz CT molecular complexity index is 1700. The standard InChI is InChI=1S/C30H27N3O6/c1-3-30(37)22-13-24-26-20(14-33(24)27(34)21(22)16-38-28(30)35)25(19-11-7-8-12-23(19)32-26)17(2)31-29(36)39-15-18-9-5-4-6-10-18/h4-13,17,37H,3,14-16H2,1-2H3,(H,31,36)/t17-,30+/m1/s1. The first-order valence-corrected chi connectivity index (χ1v) is 12.9. The maximum atomic E-state index is 13.6. The molecule has 2 N–H and O–H groups in total. The summed E-state index contributed by atoms with van der Waals surface area (Å²) in [5.74, 6) is -0.765. The second-order valence-corrected chi connectivity index (χ2v) is 9.90. The summed E-state index contributed by atoms with van der Waals surface area (Å²) in [5, 5.41) is 14.9. The number of aromatic nitrogens is 2. The highest BCUT2D eigenvalue weighted by Gasteiger charge is 2.45. The number of fused-ring (bicyclic) bond motifs is 5. The summed E-state index contributed by atoms with van der Waals surface area (Å²) >= 11 is 0. The van der Waals surface area contributed by atoms with Gasteiger partial charge in [0.25, 0.3) is 5.56 Å². The summed E-state index contributed by atoms with van der Waals surface area (Å²) in [7, 11) is 0. The number of alkyl carbamates (subject to hydrolysis) is 1. The molecule has 0 aliphatic carbocycles. The van der Waals surface area contributed by atoms with Crippen molar-refractivity contribution in [2.24, 2.45) is 0 Å². The Morgan fingerprint density at radius 2 is 1.90 bits per heavy atom. The lowest BCUT2D eigenvalue weighted by Crippen LogP contribution is -2.44. The van der Waals surface area contributed by atoms with Gasteiger partial charge in [-0.05, 0) is 36.6 Å². The van der Waals surface area contributed by atoms with Gasteiger partial charge in [0.1, 0.15) is 13.2 Å². The zero-order valence-electron chi connectivity index (χ0n) is 21.6. The Morgan fingerprint density at radius 1 is 1.15 bits per heavy atom. The van der Waals surface area contributed by atoms with E-state index in [9.17, 15) is 19.5 Å². The van der Waals surface area contributed by atoms with Crippen molar-refractivity contribution < 1.29 is 24.2 Å². The fourth-order valence-corrected chi connectivity index (χ4v) is 5.57. The highest BCUT2D eigenvalue weighted by atomic mass is 16.6. The zero-order chi connectivity index (χ0) is 27.3. The molecule has 4 heterocycles. The molecule has 2 aliphatic rings. The highest BCUT2D eigenvalue weighted by Crippen LogP contribution is 2.41. The van der Waals surface area contributed by atoms with Gasteiger partial charge in [0.05, 0.1) is 35.1 Å². The molecule has 9 heteroatoms. The van der Waals surface area contributed by atoms with Crippen molar-refractivity contribution in [2.45, 2.75) is 51.7 Å². The lowest BCUT2D eigenvalue weighted by Gasteiger charge is -2.31. The molecule has 2 aromatic heterocycles. The first kappa shape index (κ1) is 24.8. The van der Waals surface area contributed by atoms with Crippen LogP contribution in [0.1, 0.15) is 54.1 Å². The molecule has 2 aromatic carbocycles. The molecule has 0 fully saturated rings. The third kappa shape index (κ3) is 3.97. The number of esters is 1. The third-order valence-corrected chi connectivity index (χ3v) is 7.62. The maximum Gasteiger partial charge on any atom is 0.407 e. The van der Waals surface area contributed by atoms with Crippen LogP contribution in [-0.2, 0) is 39.6 Å². The molecule has 0 saturated heterocycles. The predicted molar refractivity (Wildman–Crippen MR) is 143 cm³/mol. The minimum atomic E-state index is -1.90. The van der Waals surface area contributed by atoms with E-state index in [0.29, 0.717) is 16.9 Å². The van der Waals surface area contributed by atoms with Gasteiger partial charge in [0.2, 0.25) is 0 Å². The van der Waals surface area contributed by atoms with E-state index >= 15 is 0 Å². The van der Waals surface area contributed by atoms with Crippen molar-refractivity contribution in [1.29, 1.82) is 0 Å². The maximum absolute atomic E-state index is 13.6. The Hall–Kier alpha value is -4.50. The van der Waals surface area contributed by atoms with Crippen LogP contribution < -0.4 is 10.9 Å². The summed E-state index contributed by atoms with van der Waals surface area (Å²) in [6.07, 6.45) is -0.496. The zero-order valence-corrected chi connectivity index (χ0v) is 21.6. The van der Waals surface area contributed by atoms with E-state index in [1.54, 1.807) is 17.6 Å². The van der Waals surface area contributed by atoms with E-state index < -0.39 is 23.7 Å². The monoisotopic (exact) mass is 525 g/mol. The summed E-state index contributed by atoms with van der Waals surface area (Å²) in [5.41, 5.74) is 2.57. The molecular weight excluding hydrogens is 498 g/mol. The second-order valence-electron chi connectivity index (χ2n) is 9.90. The average Bonchev–Trinajstić information content (AvgIpc) is 3.31. The number of aliphatic hydroxyl groups is 1. The van der Waals surface area contributed by atoms with Gasteiger partial charge in [-0.3, -0.25) is 4.79 Å². The number of ether oxygens (including phenoxy) is 2. The van der Waals surface area contributed by atoms with Crippen LogP contribution in [0.5, 0.6) is 0 Å². The van der Waals surface area contributed by atoms with Crippen LogP contribution >= 0.6 is 0 Å². The first-order valence-electron chi connectivity index (χ1n) is 12.9. The number of hydrogen-bond donors (Lipinski definition) is 2. The Labute approximate surface area is 224 Å². The molecule has 2 atom stereocenters. The van der Waals surface area contributed by atoms with Crippen LogP contribution in [0.3, 0.4) is 0 Å². The summed E-state index contributed by atoms with van der Waals surface area (Å²) in [6.45, 7) is 3.71. The molecule has 9 nitrogen and oxygen atoms in total. The number of rotatable bonds is 5. The molecule has 0 radical (unpaired) electrons. The summed E-state index contributed by atoms with van der Waals surface area (Å²) in [6, 6.07) is 18.2. The van der Waals surface area contributed by atoms with Gasteiger partial charge in [-0.2, -0.15) is 0 Å². The van der Waals surface area contributed by atoms with E-state index in [1.807, 2.05) is 61.5 Å². The van der Waals surface area contributed by atoms with Gasteiger partial charge in [0, 0.05) is 16.5 Å². The van der Waals surface area contributed by atoms with Gasteiger partial charge in [-0.25, -0.2) is 14.6 Å². The van der Waals surface area contributed by atoms with Gasteiger partial charge in [-0.15, -0.1) is 0 Å². The van der Waals surface area contributed by atoms with Crippen molar-refractivity contribution in [3.05, 3.63) is 98.8 Å². The molecule has 6 rings (SSSR count). The quantitative estimate of drug-likeness (QED) is 0.332. The van der Waals surface area contributed by atoms with Crippen LogP contribution in [0, 0.1) is 0 Å². The largest absolute Gasteiger partial charge is 0.458 e. The minimum Gasteiger partial charge on any atom is -0.458 e. The Morgan fingerprint density at radius 3 is 2.67 bits per heavy atom. The highest BCUT2D eigenvalue weighted by molar-refractivity contribution is 5.89. The molecule has 0 spiro atoms. The number of carbonyl (C=O) groups excluding carboxylic acids is 2. The smallest absolute Gasteiger partial charge is 0.407 e. The number of nitrogens with zero attached hydrogens (tertiary/aromatic N) is 2. The van der Waals surface area contributed by atoms with Crippen molar-refractivity contribution in [3.63, 3.8) is 0 Å². The molecule has 0 bridgehead atoms. The van der Waals surface area contributed by atoms with E-state index in [2.05, 4.69) is 5.32 Å². The number of para-hydroxylation sites is 1. The van der Waals surface area contributed by atoms with Crippen LogP contribution in [-0.4, -0.2) is 26.7 Å². The van der Waals surface area contributed by atoms with Crippen LogP contribution in [0.4, 0.5) is 4.79 Å². The van der Waals surface area contributed by atoms with Gasteiger partial charge in [-0.1, -0.05) is 55.5 Å². The second kappa shape index (κ2) is 9.36. The fraction of sp³-hybridized carbons (Fsp3) is 0.267. The predicted octanol–water partition coefficient (Wildman–Crippen LogP) is 4.07. The van der Waals surface area contributed by atoms with E-state index in [-0.39, 0.29) is 42.9 Å². The number of benzene rings is 2. The van der Waals surface area contributed by atoms with Crippen molar-refractivity contribution in [1.82, 2.24) is 14.9 Å². The molecule has 1 amide bonds. The van der Waals surface area contributed by atoms with Gasteiger partial charge in [0.15, 0.2) is 5.60 Å². The van der Waals surface area contributed by atoms with E-state index in [0.717, 1.165) is 22.1 Å². The lowest BCUT2D eigenvalue weighted by atomic mass is 9.86. The molecule has 0 saturated carbocycles. The van der Waals surface area contributed by atoms with E-state index in [4.69, 9.17) is 14.5 Å². The average molecular weight is 526 g/mol. The summed E-state index contributed by atoms with van der Waals surface area (Å²) in [4.78, 5) is 43.7. The lowest BCUT2D eigenvalue weighted by molar-refractivity contribution is -0.172. The normalized spacial score (nSPS) is 18.1. The van der Waals surface area contributed by atoms with Crippen molar-refractivity contribution in [2.75, 3.05) is 0 Å². The fourth-order valence-electron chi connectivity index (χ4n) is 5.57. The van der Waals surface area contributed by atoms with Crippen LogP contribution in [0.25, 0.3) is 22.3 Å². The third-order valence-electron chi connectivity index (χ3n) is 7.62. The Balaban J connectivity index is 1.42. The molecule has 198 valence electrons. The van der Waals surface area contributed by atoms with Crippen molar-refractivity contribution in [3.8, 4) is 11.4 Å². The molecular formula is C30H27N3O6. The molecule has 0 unspecified atom stereocenters. The van der Waals surface area contributed by atoms with E-state index in [1.165, 1.54) is 0 Å². The van der Waals surface area contributed by atoms with Crippen LogP contribution in [0.2, 0.25) is 0 Å². The van der Waals surface area contributed by atoms with Crippen LogP contribution in [0.15, 0.2) is 65.5 Å². The van der Waals surface area contributed by atoms with Gasteiger partial charge >= 0.3 is 12.1 Å². The number of pyridine rings is 2. The molecule has 4 aromatic rings. The SMILES string of the molecule is CC[C@@]1(O)C(=O)OCc2c1cc1n(c2=O)Cc2c-1nc1ccccc1c2[C@@H](C)NC(=O)OCc1ccccc1. The first-order chi connectivity index (χ1) is 18.8.